The highest BCUT2D eigenvalue weighted by atomic mass is 32.1. The number of rotatable bonds is 4. The Bertz CT molecular complexity index is 510. The third-order valence-corrected chi connectivity index (χ3v) is 3.27. The van der Waals surface area contributed by atoms with Crippen molar-refractivity contribution in [2.75, 3.05) is 6.61 Å². The van der Waals surface area contributed by atoms with Crippen LogP contribution in [0.25, 0.3) is 0 Å². The number of hydrogen-bond acceptors (Lipinski definition) is 5. The molecule has 0 N–H and O–H groups in total. The normalized spacial score (nSPS) is 10.5. The van der Waals surface area contributed by atoms with Crippen molar-refractivity contribution in [1.29, 1.82) is 0 Å². The van der Waals surface area contributed by atoms with E-state index in [2.05, 4.69) is 21.9 Å². The zero-order valence-corrected chi connectivity index (χ0v) is 11.0. The molecule has 0 aromatic carbocycles. The van der Waals surface area contributed by atoms with Gasteiger partial charge in [-0.15, -0.1) is 11.3 Å². The van der Waals surface area contributed by atoms with Crippen LogP contribution in [0.3, 0.4) is 0 Å². The summed E-state index contributed by atoms with van der Waals surface area (Å²) in [7, 11) is 0. The number of aryl methyl sites for hydroxylation is 3. The molecule has 0 fully saturated rings. The Balaban J connectivity index is 1.89. The van der Waals surface area contributed by atoms with E-state index in [4.69, 9.17) is 4.74 Å². The maximum atomic E-state index is 5.50. The van der Waals surface area contributed by atoms with Gasteiger partial charge in [0.2, 0.25) is 0 Å². The maximum absolute atomic E-state index is 5.50. The Kier molecular flexibility index (Phi) is 3.68. The minimum absolute atomic E-state index is 0.439. The van der Waals surface area contributed by atoms with Gasteiger partial charge >= 0.3 is 6.01 Å². The van der Waals surface area contributed by atoms with Gasteiger partial charge < -0.3 is 4.74 Å². The summed E-state index contributed by atoms with van der Waals surface area (Å²) in [5, 5.41) is 1.10. The predicted molar refractivity (Wildman–Crippen MR) is 67.6 cm³/mol. The molecule has 0 saturated carbocycles. The minimum Gasteiger partial charge on any atom is -0.463 e. The molecule has 5 heteroatoms. The lowest BCUT2D eigenvalue weighted by Gasteiger charge is -2.03. The summed E-state index contributed by atoms with van der Waals surface area (Å²) in [6.45, 7) is 6.59. The summed E-state index contributed by atoms with van der Waals surface area (Å²) in [6.07, 6.45) is 2.50. The Morgan fingerprint density at radius 1 is 1.24 bits per heavy atom. The van der Waals surface area contributed by atoms with E-state index in [9.17, 15) is 0 Å². The fourth-order valence-electron chi connectivity index (χ4n) is 1.54. The Morgan fingerprint density at radius 3 is 2.71 bits per heavy atom. The van der Waals surface area contributed by atoms with Crippen LogP contribution < -0.4 is 4.74 Å². The van der Waals surface area contributed by atoms with Crippen LogP contribution in [0.5, 0.6) is 6.01 Å². The smallest absolute Gasteiger partial charge is 0.316 e. The fourth-order valence-corrected chi connectivity index (χ4v) is 2.40. The first-order chi connectivity index (χ1) is 8.15. The van der Waals surface area contributed by atoms with Crippen LogP contribution in [0.15, 0.2) is 12.3 Å². The highest BCUT2D eigenvalue weighted by Gasteiger charge is 2.05. The minimum atomic E-state index is 0.439. The third kappa shape index (κ3) is 3.23. The molecule has 0 amide bonds. The average Bonchev–Trinajstić information content (AvgIpc) is 2.58. The molecule has 0 spiro atoms. The first kappa shape index (κ1) is 12.0. The molecule has 0 aliphatic carbocycles. The lowest BCUT2D eigenvalue weighted by atomic mass is 10.3. The molecule has 2 aromatic rings. The maximum Gasteiger partial charge on any atom is 0.316 e. The van der Waals surface area contributed by atoms with Crippen LogP contribution in [-0.2, 0) is 6.42 Å². The molecule has 0 radical (unpaired) electrons. The van der Waals surface area contributed by atoms with Crippen molar-refractivity contribution in [2.24, 2.45) is 0 Å². The van der Waals surface area contributed by atoms with Crippen molar-refractivity contribution >= 4 is 11.3 Å². The zero-order chi connectivity index (χ0) is 12.3. The average molecular weight is 249 g/mol. The molecule has 0 aliphatic heterocycles. The van der Waals surface area contributed by atoms with Crippen molar-refractivity contribution in [3.8, 4) is 6.01 Å². The van der Waals surface area contributed by atoms with Gasteiger partial charge in [0.1, 0.15) is 0 Å². The lowest BCUT2D eigenvalue weighted by molar-refractivity contribution is 0.294. The second-order valence-electron chi connectivity index (χ2n) is 3.81. The molecule has 2 heterocycles. The molecule has 2 rings (SSSR count). The summed E-state index contributed by atoms with van der Waals surface area (Å²) < 4.78 is 5.50. The van der Waals surface area contributed by atoms with Crippen LogP contribution in [0.1, 0.15) is 21.3 Å². The van der Waals surface area contributed by atoms with E-state index in [1.807, 2.05) is 19.9 Å². The Morgan fingerprint density at radius 2 is 2.06 bits per heavy atom. The molecule has 0 saturated heterocycles. The molecule has 17 heavy (non-hydrogen) atoms. The summed E-state index contributed by atoms with van der Waals surface area (Å²) in [5.74, 6) is 0. The number of aromatic nitrogens is 3. The number of hydrogen-bond donors (Lipinski definition) is 0. The van der Waals surface area contributed by atoms with Crippen molar-refractivity contribution in [3.63, 3.8) is 0 Å². The Labute approximate surface area is 105 Å². The van der Waals surface area contributed by atoms with Gasteiger partial charge in [0.25, 0.3) is 0 Å². The van der Waals surface area contributed by atoms with Gasteiger partial charge in [-0.2, -0.15) is 0 Å². The van der Waals surface area contributed by atoms with E-state index < -0.39 is 0 Å². The summed E-state index contributed by atoms with van der Waals surface area (Å²) >= 11 is 1.72. The van der Waals surface area contributed by atoms with Gasteiger partial charge in [-0.3, -0.25) is 0 Å². The molecule has 90 valence electrons. The quantitative estimate of drug-likeness (QED) is 0.835. The standard InChI is InChI=1S/C12H15N3OS/c1-8-4-6-13-12(14-8)16-7-5-11-9(2)17-10(3)15-11/h4,6H,5,7H2,1-3H3. The van der Waals surface area contributed by atoms with Crippen LogP contribution in [0.4, 0.5) is 0 Å². The molecule has 0 aliphatic rings. The lowest BCUT2D eigenvalue weighted by Crippen LogP contribution is -2.05. The Hall–Kier alpha value is -1.49. The van der Waals surface area contributed by atoms with Crippen molar-refractivity contribution in [2.45, 2.75) is 27.2 Å². The molecular weight excluding hydrogens is 234 g/mol. The molecule has 0 unspecified atom stereocenters. The topological polar surface area (TPSA) is 47.9 Å². The second-order valence-corrected chi connectivity index (χ2v) is 5.22. The van der Waals surface area contributed by atoms with E-state index >= 15 is 0 Å². The van der Waals surface area contributed by atoms with Crippen molar-refractivity contribution in [1.82, 2.24) is 15.0 Å². The number of ether oxygens (including phenoxy) is 1. The van der Waals surface area contributed by atoms with Crippen LogP contribution in [0, 0.1) is 20.8 Å². The molecule has 0 bridgehead atoms. The molecule has 4 nitrogen and oxygen atoms in total. The largest absolute Gasteiger partial charge is 0.463 e. The van der Waals surface area contributed by atoms with E-state index in [1.54, 1.807) is 17.5 Å². The molecular formula is C12H15N3OS. The third-order valence-electron chi connectivity index (χ3n) is 2.34. The van der Waals surface area contributed by atoms with Gasteiger partial charge in [0.15, 0.2) is 0 Å². The fraction of sp³-hybridized carbons (Fsp3) is 0.417. The monoisotopic (exact) mass is 249 g/mol. The summed E-state index contributed by atoms with van der Waals surface area (Å²) in [6, 6.07) is 2.29. The summed E-state index contributed by atoms with van der Waals surface area (Å²) in [4.78, 5) is 13.9. The SMILES string of the molecule is Cc1ccnc(OCCc2nc(C)sc2C)n1. The van der Waals surface area contributed by atoms with Crippen LogP contribution in [0.2, 0.25) is 0 Å². The van der Waals surface area contributed by atoms with E-state index in [-0.39, 0.29) is 0 Å². The van der Waals surface area contributed by atoms with Gasteiger partial charge in [0.05, 0.1) is 17.3 Å². The number of nitrogens with zero attached hydrogens (tertiary/aromatic N) is 3. The second kappa shape index (κ2) is 5.23. The van der Waals surface area contributed by atoms with Gasteiger partial charge in [-0.1, -0.05) is 0 Å². The molecule has 2 aromatic heterocycles. The summed E-state index contributed by atoms with van der Waals surface area (Å²) in [5.41, 5.74) is 2.02. The molecule has 0 atom stereocenters. The first-order valence-electron chi connectivity index (χ1n) is 5.50. The van der Waals surface area contributed by atoms with E-state index in [0.717, 1.165) is 22.8 Å². The van der Waals surface area contributed by atoms with Crippen LogP contribution >= 0.6 is 11.3 Å². The van der Waals surface area contributed by atoms with Gasteiger partial charge in [-0.25, -0.2) is 15.0 Å². The highest BCUT2D eigenvalue weighted by Crippen LogP contribution is 2.16. The van der Waals surface area contributed by atoms with Crippen LogP contribution in [-0.4, -0.2) is 21.6 Å². The van der Waals surface area contributed by atoms with Gasteiger partial charge in [0, 0.05) is 23.2 Å². The van der Waals surface area contributed by atoms with Crippen molar-refractivity contribution in [3.05, 3.63) is 33.5 Å². The van der Waals surface area contributed by atoms with E-state index in [0.29, 0.717) is 12.6 Å². The zero-order valence-electron chi connectivity index (χ0n) is 10.2. The highest BCUT2D eigenvalue weighted by molar-refractivity contribution is 7.11. The number of thiazole rings is 1. The van der Waals surface area contributed by atoms with Gasteiger partial charge in [-0.05, 0) is 26.8 Å². The predicted octanol–water partition coefficient (Wildman–Crippen LogP) is 2.48. The first-order valence-corrected chi connectivity index (χ1v) is 6.32. The van der Waals surface area contributed by atoms with E-state index in [1.165, 1.54) is 4.88 Å². The van der Waals surface area contributed by atoms with Crippen molar-refractivity contribution < 1.29 is 4.74 Å².